The molecule has 1 saturated heterocycles. The van der Waals surface area contributed by atoms with Crippen LogP contribution in [0.15, 0.2) is 30.7 Å². The highest BCUT2D eigenvalue weighted by atomic mass is 35.5. The highest BCUT2D eigenvalue weighted by Crippen LogP contribution is 2.33. The van der Waals surface area contributed by atoms with Crippen LogP contribution in [-0.4, -0.2) is 34.7 Å². The van der Waals surface area contributed by atoms with Gasteiger partial charge in [0.15, 0.2) is 5.82 Å². The first kappa shape index (κ1) is 17.2. The predicted molar refractivity (Wildman–Crippen MR) is 102 cm³/mol. The van der Waals surface area contributed by atoms with Crippen LogP contribution >= 0.6 is 23.2 Å². The normalized spacial score (nSPS) is 14.7. The second-order valence-corrected chi connectivity index (χ2v) is 6.69. The van der Waals surface area contributed by atoms with E-state index in [1.54, 1.807) is 6.20 Å². The average molecular weight is 393 g/mol. The van der Waals surface area contributed by atoms with Crippen molar-refractivity contribution in [3.8, 4) is 0 Å². The summed E-state index contributed by atoms with van der Waals surface area (Å²) in [6.07, 6.45) is 4.14. The van der Waals surface area contributed by atoms with Gasteiger partial charge in [0.25, 0.3) is 0 Å². The van der Waals surface area contributed by atoms with Crippen LogP contribution < -0.4 is 15.5 Å². The molecule has 2 aromatic heterocycles. The van der Waals surface area contributed by atoms with E-state index in [2.05, 4.69) is 30.5 Å². The molecule has 3 aromatic rings. The number of hydrogen-bond acceptors (Lipinski definition) is 6. The Labute approximate surface area is 159 Å². The number of hydrogen-bond donors (Lipinski definition) is 2. The van der Waals surface area contributed by atoms with Gasteiger partial charge in [-0.25, -0.2) is 19.3 Å². The Bertz CT molecular complexity index is 961. The molecule has 2 N–H and O–H groups in total. The van der Waals surface area contributed by atoms with Gasteiger partial charge in [-0.05, 0) is 31.2 Å². The van der Waals surface area contributed by atoms with Gasteiger partial charge in [0.1, 0.15) is 18.0 Å². The van der Waals surface area contributed by atoms with Gasteiger partial charge in [-0.15, -0.1) is 0 Å². The van der Waals surface area contributed by atoms with E-state index in [0.29, 0.717) is 11.3 Å². The number of halogens is 3. The van der Waals surface area contributed by atoms with Gasteiger partial charge in [0, 0.05) is 11.9 Å². The maximum atomic E-state index is 14.4. The molecule has 1 aliphatic heterocycles. The molecular formula is C17H15Cl2FN6. The molecule has 0 amide bonds. The van der Waals surface area contributed by atoms with Crippen molar-refractivity contribution in [3.63, 3.8) is 0 Å². The van der Waals surface area contributed by atoms with Crippen LogP contribution in [0.4, 0.5) is 21.7 Å². The van der Waals surface area contributed by atoms with Crippen molar-refractivity contribution in [2.75, 3.05) is 30.0 Å². The van der Waals surface area contributed by atoms with Gasteiger partial charge in [-0.2, -0.15) is 0 Å². The van der Waals surface area contributed by atoms with E-state index in [1.165, 1.54) is 18.5 Å². The average Bonchev–Trinajstić information content (AvgIpc) is 2.69. The van der Waals surface area contributed by atoms with Gasteiger partial charge in [0.2, 0.25) is 0 Å². The number of nitrogens with one attached hydrogen (secondary N) is 2. The third-order valence-corrected chi connectivity index (χ3v) is 4.98. The fourth-order valence-corrected chi connectivity index (χ4v) is 3.16. The molecule has 1 aliphatic rings. The summed E-state index contributed by atoms with van der Waals surface area (Å²) in [6, 6.07) is 4.96. The minimum atomic E-state index is -0.625. The molecule has 0 unspecified atom stereocenters. The lowest BCUT2D eigenvalue weighted by Crippen LogP contribution is -2.41. The van der Waals surface area contributed by atoms with E-state index in [1.807, 2.05) is 6.07 Å². The van der Waals surface area contributed by atoms with Crippen molar-refractivity contribution in [1.29, 1.82) is 0 Å². The number of aromatic nitrogens is 3. The molecule has 0 aliphatic carbocycles. The molecule has 1 aromatic carbocycles. The number of benzene rings is 1. The monoisotopic (exact) mass is 392 g/mol. The molecule has 26 heavy (non-hydrogen) atoms. The van der Waals surface area contributed by atoms with E-state index in [9.17, 15) is 4.39 Å². The van der Waals surface area contributed by atoms with Crippen LogP contribution in [-0.2, 0) is 0 Å². The fraction of sp³-hybridized carbons (Fsp3) is 0.235. The van der Waals surface area contributed by atoms with Gasteiger partial charge >= 0.3 is 0 Å². The predicted octanol–water partition coefficient (Wildman–Crippen LogP) is 3.97. The minimum absolute atomic E-state index is 0.128. The third kappa shape index (κ3) is 3.25. The number of nitrogens with zero attached hydrogens (tertiary/aromatic N) is 4. The van der Waals surface area contributed by atoms with Crippen molar-refractivity contribution in [3.05, 3.63) is 46.6 Å². The Balaban J connectivity index is 1.74. The molecule has 0 radical (unpaired) electrons. The quantitative estimate of drug-likeness (QED) is 0.657. The summed E-state index contributed by atoms with van der Waals surface area (Å²) in [7, 11) is 0. The van der Waals surface area contributed by atoms with E-state index >= 15 is 0 Å². The number of pyridine rings is 1. The Morgan fingerprint density at radius 1 is 1.19 bits per heavy atom. The first-order valence-corrected chi connectivity index (χ1v) is 8.86. The van der Waals surface area contributed by atoms with Crippen LogP contribution in [0.1, 0.15) is 6.42 Å². The van der Waals surface area contributed by atoms with Crippen molar-refractivity contribution in [2.24, 2.45) is 0 Å². The lowest BCUT2D eigenvalue weighted by atomic mass is 10.2. The number of fused-ring (bicyclic) bond motifs is 1. The maximum Gasteiger partial charge on any atom is 0.166 e. The van der Waals surface area contributed by atoms with Crippen LogP contribution in [0.5, 0.6) is 0 Å². The molecule has 0 atom stereocenters. The zero-order valence-corrected chi connectivity index (χ0v) is 15.1. The third-order valence-electron chi connectivity index (χ3n) is 4.20. The zero-order chi connectivity index (χ0) is 18.1. The van der Waals surface area contributed by atoms with E-state index in [4.69, 9.17) is 23.2 Å². The molecule has 134 valence electrons. The highest BCUT2D eigenvalue weighted by Gasteiger charge is 2.16. The maximum absolute atomic E-state index is 14.4. The molecule has 0 bridgehead atoms. The summed E-state index contributed by atoms with van der Waals surface area (Å²) >= 11 is 11.7. The Hall–Kier alpha value is -2.22. The summed E-state index contributed by atoms with van der Waals surface area (Å²) in [5, 5.41) is 7.07. The zero-order valence-electron chi connectivity index (χ0n) is 13.6. The summed E-state index contributed by atoms with van der Waals surface area (Å²) in [6.45, 7) is 2.65. The summed E-state index contributed by atoms with van der Waals surface area (Å²) in [4.78, 5) is 15.1. The van der Waals surface area contributed by atoms with Crippen LogP contribution in [0.3, 0.4) is 0 Å². The first-order valence-electron chi connectivity index (χ1n) is 8.10. The second-order valence-electron chi connectivity index (χ2n) is 5.90. The molecule has 3 heterocycles. The van der Waals surface area contributed by atoms with Crippen molar-refractivity contribution < 1.29 is 4.39 Å². The van der Waals surface area contributed by atoms with Crippen molar-refractivity contribution in [2.45, 2.75) is 6.42 Å². The minimum Gasteiger partial charge on any atom is -0.344 e. The van der Waals surface area contributed by atoms with Crippen molar-refractivity contribution >= 4 is 51.4 Å². The fourth-order valence-electron chi connectivity index (χ4n) is 2.85. The van der Waals surface area contributed by atoms with E-state index < -0.39 is 5.82 Å². The van der Waals surface area contributed by atoms with Crippen molar-refractivity contribution in [1.82, 2.24) is 20.3 Å². The topological polar surface area (TPSA) is 66.0 Å². The molecular weight excluding hydrogens is 378 g/mol. The van der Waals surface area contributed by atoms with Crippen LogP contribution in [0.2, 0.25) is 10.0 Å². The summed E-state index contributed by atoms with van der Waals surface area (Å²) in [5.41, 5.74) is 0.856. The highest BCUT2D eigenvalue weighted by molar-refractivity contribution is 6.42. The Morgan fingerprint density at radius 2 is 2.08 bits per heavy atom. The molecule has 1 fully saturated rings. The Kier molecular flexibility index (Phi) is 4.76. The van der Waals surface area contributed by atoms with Crippen LogP contribution in [0.25, 0.3) is 10.9 Å². The van der Waals surface area contributed by atoms with E-state index in [0.717, 1.165) is 37.4 Å². The molecule has 6 nitrogen and oxygen atoms in total. The van der Waals surface area contributed by atoms with E-state index in [-0.39, 0.29) is 15.7 Å². The van der Waals surface area contributed by atoms with Gasteiger partial charge in [-0.1, -0.05) is 23.2 Å². The van der Waals surface area contributed by atoms with Crippen LogP contribution in [0, 0.1) is 5.82 Å². The lowest BCUT2D eigenvalue weighted by Gasteiger charge is -2.28. The number of anilines is 3. The molecule has 0 spiro atoms. The molecule has 4 rings (SSSR count). The smallest absolute Gasteiger partial charge is 0.166 e. The second kappa shape index (κ2) is 7.19. The largest absolute Gasteiger partial charge is 0.344 e. The van der Waals surface area contributed by atoms with Gasteiger partial charge < -0.3 is 10.2 Å². The number of rotatable bonds is 3. The summed E-state index contributed by atoms with van der Waals surface area (Å²) in [5.74, 6) is 0.665. The SMILES string of the molecule is Fc1c(Nc2ncnc3cnc(N4CCCNC4)cc23)ccc(Cl)c1Cl. The summed E-state index contributed by atoms with van der Waals surface area (Å²) < 4.78 is 14.4. The van der Waals surface area contributed by atoms with Gasteiger partial charge in [-0.3, -0.25) is 5.32 Å². The standard InChI is InChI=1S/C17H15Cl2FN6/c18-11-2-3-12(16(20)15(11)19)25-17-10-6-14(26-5-1-4-21-9-26)22-7-13(10)23-8-24-17/h2-3,6-8,21H,1,4-5,9H2,(H,23,24,25). The molecule has 0 saturated carbocycles. The van der Waals surface area contributed by atoms with Gasteiger partial charge in [0.05, 0.1) is 34.1 Å². The molecule has 9 heteroatoms. The Morgan fingerprint density at radius 3 is 2.88 bits per heavy atom. The first-order chi connectivity index (χ1) is 12.6. The lowest BCUT2D eigenvalue weighted by molar-refractivity contribution is 0.549.